The van der Waals surface area contributed by atoms with Gasteiger partial charge in [-0.2, -0.15) is 0 Å². The van der Waals surface area contributed by atoms with E-state index in [0.717, 1.165) is 13.1 Å². The van der Waals surface area contributed by atoms with Crippen molar-refractivity contribution in [1.29, 1.82) is 0 Å². The molecule has 1 aromatic rings. The summed E-state index contributed by atoms with van der Waals surface area (Å²) >= 11 is 1.68. The number of ether oxygens (including phenoxy) is 1. The first kappa shape index (κ1) is 16.9. The van der Waals surface area contributed by atoms with Gasteiger partial charge in [-0.15, -0.1) is 11.3 Å². The number of nitrogens with one attached hydrogen (secondary N) is 1. The molecule has 0 bridgehead atoms. The zero-order chi connectivity index (χ0) is 14.9. The Morgan fingerprint density at radius 1 is 1.38 bits per heavy atom. The normalized spacial score (nSPS) is 19.0. The van der Waals surface area contributed by atoms with Crippen molar-refractivity contribution in [3.05, 3.63) is 22.4 Å². The highest BCUT2D eigenvalue weighted by molar-refractivity contribution is 7.09. The lowest BCUT2D eigenvalue weighted by atomic mass is 10.1. The van der Waals surface area contributed by atoms with Crippen LogP contribution in [-0.2, 0) is 11.3 Å². The van der Waals surface area contributed by atoms with Gasteiger partial charge >= 0.3 is 0 Å². The maximum Gasteiger partial charge on any atom is 0.0897 e. The summed E-state index contributed by atoms with van der Waals surface area (Å²) in [4.78, 5) is 3.74. The number of rotatable bonds is 10. The third kappa shape index (κ3) is 6.89. The number of hydrogen-bond acceptors (Lipinski definition) is 5. The lowest BCUT2D eigenvalue weighted by Crippen LogP contribution is -2.36. The van der Waals surface area contributed by atoms with E-state index in [4.69, 9.17) is 4.74 Å². The first-order valence-electron chi connectivity index (χ1n) is 7.95. The van der Waals surface area contributed by atoms with Gasteiger partial charge in [0.15, 0.2) is 0 Å². The van der Waals surface area contributed by atoms with Crippen LogP contribution in [0.15, 0.2) is 17.5 Å². The Kier molecular flexibility index (Phi) is 7.68. The van der Waals surface area contributed by atoms with Crippen LogP contribution < -0.4 is 5.32 Å². The van der Waals surface area contributed by atoms with Crippen LogP contribution in [0.4, 0.5) is 0 Å². The van der Waals surface area contributed by atoms with Crippen molar-refractivity contribution in [2.24, 2.45) is 5.92 Å². The minimum atomic E-state index is -0.427. The summed E-state index contributed by atoms with van der Waals surface area (Å²) in [5.41, 5.74) is 0. The molecule has 0 spiro atoms. The van der Waals surface area contributed by atoms with Gasteiger partial charge in [-0.25, -0.2) is 0 Å². The largest absolute Gasteiger partial charge is 0.389 e. The highest BCUT2D eigenvalue weighted by Gasteiger charge is 2.14. The van der Waals surface area contributed by atoms with Crippen molar-refractivity contribution in [3.8, 4) is 0 Å². The van der Waals surface area contributed by atoms with Gasteiger partial charge in [-0.05, 0) is 49.8 Å². The van der Waals surface area contributed by atoms with Crippen molar-refractivity contribution in [2.45, 2.75) is 32.5 Å². The second-order valence-corrected chi connectivity index (χ2v) is 7.05. The predicted octanol–water partition coefficient (Wildman–Crippen LogP) is 1.95. The molecule has 4 nitrogen and oxygen atoms in total. The van der Waals surface area contributed by atoms with Crippen molar-refractivity contribution < 1.29 is 9.84 Å². The van der Waals surface area contributed by atoms with Gasteiger partial charge < -0.3 is 20.1 Å². The monoisotopic (exact) mass is 312 g/mol. The number of aliphatic hydroxyl groups is 1. The second kappa shape index (κ2) is 9.54. The summed E-state index contributed by atoms with van der Waals surface area (Å²) in [6, 6.07) is 4.07. The molecule has 120 valence electrons. The first-order chi connectivity index (χ1) is 10.2. The summed E-state index contributed by atoms with van der Waals surface area (Å²) < 4.78 is 5.52. The molecule has 2 heterocycles. The first-order valence-corrected chi connectivity index (χ1v) is 8.83. The molecular formula is C16H28N2O2S. The van der Waals surface area contributed by atoms with Crippen LogP contribution in [0.3, 0.4) is 0 Å². The molecule has 1 saturated heterocycles. The number of thiophene rings is 1. The van der Waals surface area contributed by atoms with E-state index in [2.05, 4.69) is 23.2 Å². The average molecular weight is 312 g/mol. The Bertz CT molecular complexity index is 366. The van der Waals surface area contributed by atoms with Gasteiger partial charge in [-0.3, -0.25) is 0 Å². The lowest BCUT2D eigenvalue weighted by molar-refractivity contribution is 0.0294. The molecule has 0 saturated carbocycles. The molecule has 1 fully saturated rings. The molecule has 0 radical (unpaired) electrons. The molecule has 1 aromatic heterocycles. The van der Waals surface area contributed by atoms with Crippen LogP contribution in [0, 0.1) is 5.92 Å². The van der Waals surface area contributed by atoms with E-state index in [1.807, 2.05) is 11.4 Å². The SMILES string of the molecule is CC(CNCC(O)COCc1cccs1)CN1CCCC1. The Morgan fingerprint density at radius 3 is 2.90 bits per heavy atom. The van der Waals surface area contributed by atoms with Gasteiger partial charge in [0.1, 0.15) is 0 Å². The topological polar surface area (TPSA) is 44.7 Å². The van der Waals surface area contributed by atoms with E-state index >= 15 is 0 Å². The minimum Gasteiger partial charge on any atom is -0.389 e. The Hall–Kier alpha value is -0.460. The van der Waals surface area contributed by atoms with E-state index in [-0.39, 0.29) is 0 Å². The van der Waals surface area contributed by atoms with E-state index in [9.17, 15) is 5.11 Å². The quantitative estimate of drug-likeness (QED) is 0.693. The maximum atomic E-state index is 9.88. The zero-order valence-electron chi connectivity index (χ0n) is 13.0. The van der Waals surface area contributed by atoms with E-state index in [0.29, 0.717) is 25.7 Å². The van der Waals surface area contributed by atoms with Crippen LogP contribution in [0.2, 0.25) is 0 Å². The lowest BCUT2D eigenvalue weighted by Gasteiger charge is -2.21. The smallest absolute Gasteiger partial charge is 0.0897 e. The molecule has 21 heavy (non-hydrogen) atoms. The summed E-state index contributed by atoms with van der Waals surface area (Å²) in [6.45, 7) is 8.49. The Morgan fingerprint density at radius 2 is 2.19 bits per heavy atom. The molecule has 2 N–H and O–H groups in total. The zero-order valence-corrected chi connectivity index (χ0v) is 13.8. The highest BCUT2D eigenvalue weighted by atomic mass is 32.1. The van der Waals surface area contributed by atoms with Crippen molar-refractivity contribution in [2.75, 3.05) is 39.3 Å². The van der Waals surface area contributed by atoms with Crippen LogP contribution >= 0.6 is 11.3 Å². The second-order valence-electron chi connectivity index (χ2n) is 6.02. The third-order valence-corrected chi connectivity index (χ3v) is 4.63. The Balaban J connectivity index is 1.47. The summed E-state index contributed by atoms with van der Waals surface area (Å²) in [6.07, 6.45) is 2.27. The number of hydrogen-bond donors (Lipinski definition) is 2. The molecule has 1 aliphatic rings. The van der Waals surface area contributed by atoms with E-state index < -0.39 is 6.10 Å². The molecule has 2 atom stereocenters. The molecule has 2 rings (SSSR count). The Labute approximate surface area is 132 Å². The molecule has 0 amide bonds. The van der Waals surface area contributed by atoms with Crippen molar-refractivity contribution in [3.63, 3.8) is 0 Å². The summed E-state index contributed by atoms with van der Waals surface area (Å²) in [5.74, 6) is 0.627. The van der Waals surface area contributed by atoms with Crippen LogP contribution in [-0.4, -0.2) is 55.4 Å². The highest BCUT2D eigenvalue weighted by Crippen LogP contribution is 2.10. The van der Waals surface area contributed by atoms with E-state index in [1.165, 1.54) is 30.8 Å². The van der Waals surface area contributed by atoms with Gasteiger partial charge in [0.25, 0.3) is 0 Å². The molecule has 0 aliphatic carbocycles. The summed E-state index contributed by atoms with van der Waals surface area (Å²) in [7, 11) is 0. The number of aliphatic hydroxyl groups excluding tert-OH is 1. The van der Waals surface area contributed by atoms with Crippen LogP contribution in [0.5, 0.6) is 0 Å². The maximum absolute atomic E-state index is 9.88. The predicted molar refractivity (Wildman–Crippen MR) is 87.7 cm³/mol. The third-order valence-electron chi connectivity index (χ3n) is 3.78. The van der Waals surface area contributed by atoms with Gasteiger partial charge in [0.2, 0.25) is 0 Å². The summed E-state index contributed by atoms with van der Waals surface area (Å²) in [5, 5.41) is 15.3. The fourth-order valence-electron chi connectivity index (χ4n) is 2.72. The molecule has 2 unspecified atom stereocenters. The van der Waals surface area contributed by atoms with Crippen molar-refractivity contribution >= 4 is 11.3 Å². The number of nitrogens with zero attached hydrogens (tertiary/aromatic N) is 1. The van der Waals surface area contributed by atoms with Crippen molar-refractivity contribution in [1.82, 2.24) is 10.2 Å². The van der Waals surface area contributed by atoms with Gasteiger partial charge in [-0.1, -0.05) is 13.0 Å². The molecular weight excluding hydrogens is 284 g/mol. The molecule has 5 heteroatoms. The average Bonchev–Trinajstić information content (AvgIpc) is 3.12. The van der Waals surface area contributed by atoms with Gasteiger partial charge in [0.05, 0.1) is 19.3 Å². The minimum absolute atomic E-state index is 0.394. The molecule has 1 aliphatic heterocycles. The molecule has 0 aromatic carbocycles. The fourth-order valence-corrected chi connectivity index (χ4v) is 3.36. The standard InChI is InChI=1S/C16H28N2O2S/c1-14(11-18-6-2-3-7-18)9-17-10-15(19)12-20-13-16-5-4-8-21-16/h4-5,8,14-15,17,19H,2-3,6-7,9-13H2,1H3. The number of likely N-dealkylation sites (tertiary alicyclic amines) is 1. The van der Waals surface area contributed by atoms with Crippen LogP contribution in [0.25, 0.3) is 0 Å². The van der Waals surface area contributed by atoms with E-state index in [1.54, 1.807) is 11.3 Å². The van der Waals surface area contributed by atoms with Crippen LogP contribution in [0.1, 0.15) is 24.6 Å². The van der Waals surface area contributed by atoms with Gasteiger partial charge in [0, 0.05) is 18.0 Å². The fraction of sp³-hybridized carbons (Fsp3) is 0.750.